The van der Waals surface area contributed by atoms with E-state index in [1.54, 1.807) is 24.3 Å². The van der Waals surface area contributed by atoms with Gasteiger partial charge in [-0.05, 0) is 30.9 Å². The smallest absolute Gasteiger partial charge is 0.404 e. The van der Waals surface area contributed by atoms with Gasteiger partial charge in [-0.1, -0.05) is 83.4 Å². The fourth-order valence-electron chi connectivity index (χ4n) is 2.87. The van der Waals surface area contributed by atoms with Crippen LogP contribution in [0.4, 0.5) is 0 Å². The Morgan fingerprint density at radius 3 is 2.12 bits per heavy atom. The van der Waals surface area contributed by atoms with Gasteiger partial charge in [0.1, 0.15) is 5.75 Å². The number of para-hydroxylation sites is 1. The molecule has 1 aromatic carbocycles. The molecule has 0 aliphatic heterocycles. The monoisotopic (exact) mass is 370 g/mol. The van der Waals surface area contributed by atoms with E-state index < -0.39 is 7.82 Å². The summed E-state index contributed by atoms with van der Waals surface area (Å²) in [5.74, 6) is 0.684. The van der Waals surface area contributed by atoms with E-state index in [1.807, 2.05) is 6.07 Å². The van der Waals surface area contributed by atoms with Gasteiger partial charge in [-0.15, -0.1) is 0 Å². The zero-order valence-corrected chi connectivity index (χ0v) is 16.8. The molecule has 1 aromatic rings. The van der Waals surface area contributed by atoms with E-state index in [2.05, 4.69) is 13.8 Å². The van der Waals surface area contributed by atoms with Crippen molar-refractivity contribution in [3.05, 3.63) is 30.3 Å². The van der Waals surface area contributed by atoms with E-state index in [9.17, 15) is 9.46 Å². The molecule has 0 aliphatic carbocycles. The second-order valence-corrected chi connectivity index (χ2v) is 8.11. The van der Waals surface area contributed by atoms with Crippen molar-refractivity contribution in [2.24, 2.45) is 5.92 Å². The summed E-state index contributed by atoms with van der Waals surface area (Å²) in [4.78, 5) is 9.94. The maximum Gasteiger partial charge on any atom is 0.527 e. The number of rotatable bonds is 15. The van der Waals surface area contributed by atoms with Crippen molar-refractivity contribution in [3.63, 3.8) is 0 Å². The van der Waals surface area contributed by atoms with Crippen molar-refractivity contribution in [1.29, 1.82) is 0 Å². The van der Waals surface area contributed by atoms with Crippen LogP contribution in [-0.2, 0) is 9.09 Å². The van der Waals surface area contributed by atoms with E-state index in [1.165, 1.54) is 38.5 Å². The third-order valence-corrected chi connectivity index (χ3v) is 5.29. The Balaban J connectivity index is 2.41. The Hall–Kier alpha value is -0.830. The summed E-state index contributed by atoms with van der Waals surface area (Å²) in [7, 11) is -4.06. The molecule has 0 saturated heterocycles. The molecule has 0 amide bonds. The molecule has 0 saturated carbocycles. The first-order chi connectivity index (χ1) is 12.1. The minimum Gasteiger partial charge on any atom is -0.404 e. The van der Waals surface area contributed by atoms with Gasteiger partial charge in [-0.25, -0.2) is 4.57 Å². The number of unbranched alkanes of at least 4 members (excludes halogenated alkanes) is 6. The summed E-state index contributed by atoms with van der Waals surface area (Å²) in [6.07, 6.45) is 11.8. The van der Waals surface area contributed by atoms with Gasteiger partial charge in [-0.2, -0.15) is 0 Å². The molecule has 5 heteroatoms. The number of hydrogen-bond donors (Lipinski definition) is 1. The van der Waals surface area contributed by atoms with Gasteiger partial charge in [0.2, 0.25) is 0 Å². The van der Waals surface area contributed by atoms with E-state index in [4.69, 9.17) is 9.05 Å². The Bertz CT molecular complexity index is 478. The predicted octanol–water partition coefficient (Wildman–Crippen LogP) is 6.74. The third kappa shape index (κ3) is 11.4. The van der Waals surface area contributed by atoms with Crippen molar-refractivity contribution >= 4 is 7.82 Å². The van der Waals surface area contributed by atoms with E-state index >= 15 is 0 Å². The molecule has 0 aromatic heterocycles. The lowest BCUT2D eigenvalue weighted by Crippen LogP contribution is -2.11. The Morgan fingerprint density at radius 1 is 0.920 bits per heavy atom. The summed E-state index contributed by atoms with van der Waals surface area (Å²) in [5.41, 5.74) is 0. The highest BCUT2D eigenvalue weighted by atomic mass is 31.2. The van der Waals surface area contributed by atoms with Gasteiger partial charge in [0.15, 0.2) is 0 Å². The highest BCUT2D eigenvalue weighted by molar-refractivity contribution is 7.47. The highest BCUT2D eigenvalue weighted by Gasteiger charge is 2.24. The second kappa shape index (κ2) is 13.4. The van der Waals surface area contributed by atoms with Gasteiger partial charge >= 0.3 is 7.82 Å². The summed E-state index contributed by atoms with van der Waals surface area (Å²) >= 11 is 0. The van der Waals surface area contributed by atoms with Crippen LogP contribution in [-0.4, -0.2) is 11.5 Å². The minimum absolute atomic E-state index is 0.290. The number of phosphoric acid groups is 1. The van der Waals surface area contributed by atoms with Crippen LogP contribution in [0.25, 0.3) is 0 Å². The van der Waals surface area contributed by atoms with Crippen LogP contribution in [0.15, 0.2) is 30.3 Å². The summed E-state index contributed by atoms with van der Waals surface area (Å²) < 4.78 is 22.6. The Kier molecular flexibility index (Phi) is 11.9. The van der Waals surface area contributed by atoms with Crippen molar-refractivity contribution < 1.29 is 18.5 Å². The van der Waals surface area contributed by atoms with Crippen molar-refractivity contribution in [2.45, 2.75) is 78.1 Å². The summed E-state index contributed by atoms with van der Waals surface area (Å²) in [6, 6.07) is 8.66. The van der Waals surface area contributed by atoms with E-state index in [0.717, 1.165) is 25.7 Å². The van der Waals surface area contributed by atoms with Crippen LogP contribution in [0.2, 0.25) is 0 Å². The van der Waals surface area contributed by atoms with Gasteiger partial charge in [0.05, 0.1) is 6.61 Å². The van der Waals surface area contributed by atoms with Gasteiger partial charge < -0.3 is 4.52 Å². The quantitative estimate of drug-likeness (QED) is 0.274. The molecular formula is C20H35O4P. The zero-order chi connectivity index (χ0) is 18.4. The van der Waals surface area contributed by atoms with Crippen molar-refractivity contribution in [1.82, 2.24) is 0 Å². The predicted molar refractivity (Wildman–Crippen MR) is 104 cm³/mol. The molecule has 0 fully saturated rings. The largest absolute Gasteiger partial charge is 0.527 e. The molecule has 1 N–H and O–H groups in total. The van der Waals surface area contributed by atoms with Crippen LogP contribution in [0.5, 0.6) is 5.75 Å². The molecule has 0 spiro atoms. The highest BCUT2D eigenvalue weighted by Crippen LogP contribution is 2.44. The molecule has 2 atom stereocenters. The van der Waals surface area contributed by atoms with Crippen LogP contribution < -0.4 is 4.52 Å². The SMILES string of the molecule is CCCCCCCC(CCCCC)COP(=O)(O)Oc1ccccc1. The number of hydrogen-bond acceptors (Lipinski definition) is 3. The molecule has 25 heavy (non-hydrogen) atoms. The van der Waals surface area contributed by atoms with Crippen LogP contribution >= 0.6 is 7.82 Å². The van der Waals surface area contributed by atoms with E-state index in [-0.39, 0.29) is 6.61 Å². The molecule has 0 bridgehead atoms. The zero-order valence-electron chi connectivity index (χ0n) is 15.9. The molecular weight excluding hydrogens is 335 g/mol. The average Bonchev–Trinajstić information content (AvgIpc) is 2.59. The standard InChI is InChI=1S/C20H35O4P/c1-3-5-7-8-11-15-19(14-10-6-4-2)18-23-25(21,22)24-20-16-12-9-13-17-20/h9,12-13,16-17,19H,3-8,10-11,14-15,18H2,1-2H3,(H,21,22). The first-order valence-electron chi connectivity index (χ1n) is 9.79. The fourth-order valence-corrected chi connectivity index (χ4v) is 3.71. The molecule has 0 aliphatic rings. The molecule has 1 rings (SSSR count). The fraction of sp³-hybridized carbons (Fsp3) is 0.700. The second-order valence-electron chi connectivity index (χ2n) is 6.73. The lowest BCUT2D eigenvalue weighted by atomic mass is 9.95. The topological polar surface area (TPSA) is 55.8 Å². The first kappa shape index (κ1) is 22.2. The normalized spacial score (nSPS) is 14.8. The summed E-state index contributed by atoms with van der Waals surface area (Å²) in [6.45, 7) is 4.69. The maximum atomic E-state index is 12.1. The number of benzene rings is 1. The maximum absolute atomic E-state index is 12.1. The number of phosphoric ester groups is 1. The van der Waals surface area contributed by atoms with Crippen molar-refractivity contribution in [3.8, 4) is 5.75 Å². The molecule has 0 heterocycles. The lowest BCUT2D eigenvalue weighted by molar-refractivity contribution is 0.162. The minimum atomic E-state index is -4.06. The molecule has 2 unspecified atom stereocenters. The Labute approximate surface area is 153 Å². The van der Waals surface area contributed by atoms with Gasteiger partial charge in [-0.3, -0.25) is 9.42 Å². The Morgan fingerprint density at radius 2 is 1.48 bits per heavy atom. The van der Waals surface area contributed by atoms with Gasteiger partial charge in [0.25, 0.3) is 0 Å². The molecule has 0 radical (unpaired) electrons. The average molecular weight is 370 g/mol. The van der Waals surface area contributed by atoms with Crippen LogP contribution in [0, 0.1) is 5.92 Å². The van der Waals surface area contributed by atoms with Crippen LogP contribution in [0.3, 0.4) is 0 Å². The molecule has 4 nitrogen and oxygen atoms in total. The van der Waals surface area contributed by atoms with Crippen LogP contribution in [0.1, 0.15) is 78.1 Å². The molecule has 144 valence electrons. The van der Waals surface area contributed by atoms with Gasteiger partial charge in [0, 0.05) is 0 Å². The third-order valence-electron chi connectivity index (χ3n) is 4.37. The van der Waals surface area contributed by atoms with E-state index in [0.29, 0.717) is 11.7 Å². The summed E-state index contributed by atoms with van der Waals surface area (Å²) in [5, 5.41) is 0. The first-order valence-corrected chi connectivity index (χ1v) is 11.3. The lowest BCUT2D eigenvalue weighted by Gasteiger charge is -2.19. The van der Waals surface area contributed by atoms with Crippen molar-refractivity contribution in [2.75, 3.05) is 6.61 Å².